The van der Waals surface area contributed by atoms with Gasteiger partial charge < -0.3 is 14.1 Å². The fourth-order valence-electron chi connectivity index (χ4n) is 3.60. The third kappa shape index (κ3) is 3.08. The Morgan fingerprint density at radius 2 is 1.83 bits per heavy atom. The molecule has 3 heterocycles. The van der Waals surface area contributed by atoms with Crippen molar-refractivity contribution in [2.75, 3.05) is 0 Å². The van der Waals surface area contributed by atoms with Crippen LogP contribution in [0.4, 0.5) is 0 Å². The zero-order valence-corrected chi connectivity index (χ0v) is 16.7. The molecule has 4 rings (SSSR count). The van der Waals surface area contributed by atoms with Crippen LogP contribution in [0.1, 0.15) is 44.7 Å². The van der Waals surface area contributed by atoms with E-state index in [2.05, 4.69) is 4.98 Å². The van der Waals surface area contributed by atoms with E-state index in [1.807, 2.05) is 30.3 Å². The minimum absolute atomic E-state index is 0.0245. The standard InChI is InChI=1S/C23H19N3O4/c1-13-19(16-8-4-5-9-18(16)25-13)21(27)15(3)30-23(28)20-14(2)29-22(17(20)12-24)26-10-6-7-11-26/h4-11,15,25H,1-3H3. The van der Waals surface area contributed by atoms with Crippen LogP contribution in [0, 0.1) is 25.2 Å². The van der Waals surface area contributed by atoms with Gasteiger partial charge >= 0.3 is 5.97 Å². The third-order valence-corrected chi connectivity index (χ3v) is 5.01. The summed E-state index contributed by atoms with van der Waals surface area (Å²) in [6.07, 6.45) is 2.38. The number of furan rings is 1. The molecule has 0 fully saturated rings. The molecule has 4 aromatic rings. The topological polar surface area (TPSA) is 101 Å². The van der Waals surface area contributed by atoms with Crippen LogP contribution in [-0.4, -0.2) is 27.4 Å². The molecule has 0 aliphatic heterocycles. The predicted molar refractivity (Wildman–Crippen MR) is 110 cm³/mol. The van der Waals surface area contributed by atoms with Gasteiger partial charge in [-0.2, -0.15) is 5.26 Å². The lowest BCUT2D eigenvalue weighted by molar-refractivity contribution is 0.0317. The number of hydrogen-bond acceptors (Lipinski definition) is 5. The number of carbonyl (C=O) groups excluding carboxylic acids is 2. The molecule has 0 spiro atoms. The first-order valence-corrected chi connectivity index (χ1v) is 9.41. The number of nitriles is 1. The monoisotopic (exact) mass is 401 g/mol. The van der Waals surface area contributed by atoms with Gasteiger partial charge in [-0.25, -0.2) is 4.79 Å². The summed E-state index contributed by atoms with van der Waals surface area (Å²) in [5, 5.41) is 10.4. The average molecular weight is 401 g/mol. The van der Waals surface area contributed by atoms with Crippen LogP contribution >= 0.6 is 0 Å². The van der Waals surface area contributed by atoms with Crippen LogP contribution in [-0.2, 0) is 4.74 Å². The maximum absolute atomic E-state index is 13.0. The predicted octanol–water partition coefficient (Wildman–Crippen LogP) is 4.47. The van der Waals surface area contributed by atoms with E-state index in [0.717, 1.165) is 10.9 Å². The molecule has 7 heteroatoms. The number of esters is 1. The summed E-state index contributed by atoms with van der Waals surface area (Å²) in [7, 11) is 0. The SMILES string of the molecule is Cc1[nH]c2ccccc2c1C(=O)C(C)OC(=O)c1c(C)oc(-n2cccc2)c1C#N. The molecule has 0 aliphatic carbocycles. The van der Waals surface area contributed by atoms with Crippen LogP contribution in [0.2, 0.25) is 0 Å². The highest BCUT2D eigenvalue weighted by Crippen LogP contribution is 2.28. The number of Topliss-reactive ketones (excluding diaryl/α,β-unsaturated/α-hetero) is 1. The van der Waals surface area contributed by atoms with Crippen molar-refractivity contribution in [1.29, 1.82) is 5.26 Å². The highest BCUT2D eigenvalue weighted by atomic mass is 16.5. The fraction of sp³-hybridized carbons (Fsp3) is 0.174. The number of aryl methyl sites for hydroxylation is 2. The van der Waals surface area contributed by atoms with Crippen LogP contribution < -0.4 is 0 Å². The molecule has 0 radical (unpaired) electrons. The number of ketones is 1. The van der Waals surface area contributed by atoms with E-state index in [1.54, 1.807) is 42.9 Å². The quantitative estimate of drug-likeness (QED) is 0.393. The number of para-hydroxylation sites is 1. The van der Waals surface area contributed by atoms with Crippen molar-refractivity contribution in [2.45, 2.75) is 26.9 Å². The second kappa shape index (κ2) is 7.41. The van der Waals surface area contributed by atoms with Crippen LogP contribution in [0.25, 0.3) is 16.8 Å². The number of nitrogens with zero attached hydrogens (tertiary/aromatic N) is 2. The number of nitrogens with one attached hydrogen (secondary N) is 1. The zero-order valence-electron chi connectivity index (χ0n) is 16.7. The maximum Gasteiger partial charge on any atom is 0.343 e. The zero-order chi connectivity index (χ0) is 21.4. The Bertz CT molecular complexity index is 1300. The fourth-order valence-corrected chi connectivity index (χ4v) is 3.60. The molecule has 7 nitrogen and oxygen atoms in total. The van der Waals surface area contributed by atoms with Crippen molar-refractivity contribution in [2.24, 2.45) is 0 Å². The Morgan fingerprint density at radius 3 is 2.53 bits per heavy atom. The number of rotatable bonds is 5. The molecule has 1 N–H and O–H groups in total. The molecule has 0 aliphatic rings. The molecule has 1 unspecified atom stereocenters. The van der Waals surface area contributed by atoms with Gasteiger partial charge in [0.2, 0.25) is 11.7 Å². The van der Waals surface area contributed by atoms with Gasteiger partial charge in [-0.3, -0.25) is 9.36 Å². The minimum Gasteiger partial charge on any atom is -0.451 e. The molecule has 3 aromatic heterocycles. The first kappa shape index (κ1) is 19.3. The second-order valence-corrected chi connectivity index (χ2v) is 7.00. The lowest BCUT2D eigenvalue weighted by Gasteiger charge is -2.12. The van der Waals surface area contributed by atoms with Gasteiger partial charge in [0.25, 0.3) is 0 Å². The number of H-pyrrole nitrogens is 1. The van der Waals surface area contributed by atoms with Gasteiger partial charge in [0.15, 0.2) is 6.10 Å². The van der Waals surface area contributed by atoms with Gasteiger partial charge in [-0.1, -0.05) is 18.2 Å². The first-order valence-electron chi connectivity index (χ1n) is 9.41. The van der Waals surface area contributed by atoms with Crippen molar-refractivity contribution in [3.05, 3.63) is 76.9 Å². The van der Waals surface area contributed by atoms with E-state index < -0.39 is 12.1 Å². The minimum atomic E-state index is -1.04. The van der Waals surface area contributed by atoms with Gasteiger partial charge in [0, 0.05) is 34.6 Å². The van der Waals surface area contributed by atoms with E-state index >= 15 is 0 Å². The summed E-state index contributed by atoms with van der Waals surface area (Å²) in [6.45, 7) is 4.91. The van der Waals surface area contributed by atoms with Crippen molar-refractivity contribution in [1.82, 2.24) is 9.55 Å². The molecular formula is C23H19N3O4. The molecule has 0 saturated carbocycles. The molecule has 0 amide bonds. The summed E-state index contributed by atoms with van der Waals surface area (Å²) in [4.78, 5) is 29.1. The van der Waals surface area contributed by atoms with Gasteiger partial charge in [-0.05, 0) is 39.0 Å². The number of carbonyl (C=O) groups is 2. The summed E-state index contributed by atoms with van der Waals surface area (Å²) >= 11 is 0. The van der Waals surface area contributed by atoms with E-state index in [1.165, 1.54) is 6.92 Å². The number of benzene rings is 1. The number of aromatic amines is 1. The highest BCUT2D eigenvalue weighted by Gasteiger charge is 2.30. The maximum atomic E-state index is 13.0. The lowest BCUT2D eigenvalue weighted by atomic mass is 10.0. The highest BCUT2D eigenvalue weighted by molar-refractivity contribution is 6.11. The Balaban J connectivity index is 1.64. The number of fused-ring (bicyclic) bond motifs is 1. The van der Waals surface area contributed by atoms with Gasteiger partial charge in [-0.15, -0.1) is 0 Å². The molecular weight excluding hydrogens is 382 g/mol. The first-order chi connectivity index (χ1) is 14.4. The molecule has 30 heavy (non-hydrogen) atoms. The number of ether oxygens (including phenoxy) is 1. The Kier molecular flexibility index (Phi) is 4.76. The van der Waals surface area contributed by atoms with Crippen LogP contribution in [0.3, 0.4) is 0 Å². The van der Waals surface area contributed by atoms with Gasteiger partial charge in [0.05, 0.1) is 0 Å². The summed E-state index contributed by atoms with van der Waals surface area (Å²) in [5.41, 5.74) is 2.12. The smallest absolute Gasteiger partial charge is 0.343 e. The Hall–Kier alpha value is -4.05. The van der Waals surface area contributed by atoms with Crippen molar-refractivity contribution in [3.63, 3.8) is 0 Å². The normalized spacial score (nSPS) is 11.9. The van der Waals surface area contributed by atoms with Crippen LogP contribution in [0.5, 0.6) is 0 Å². The second-order valence-electron chi connectivity index (χ2n) is 7.00. The summed E-state index contributed by atoms with van der Waals surface area (Å²) < 4.78 is 12.7. The van der Waals surface area contributed by atoms with Crippen LogP contribution in [0.15, 0.2) is 53.2 Å². The van der Waals surface area contributed by atoms with E-state index in [9.17, 15) is 14.9 Å². The van der Waals surface area contributed by atoms with E-state index in [-0.39, 0.29) is 28.6 Å². The molecule has 1 aromatic carbocycles. The summed E-state index contributed by atoms with van der Waals surface area (Å²) in [6, 6.07) is 13.0. The average Bonchev–Trinajstić information content (AvgIpc) is 3.43. The molecule has 1 atom stereocenters. The number of aromatic nitrogens is 2. The summed E-state index contributed by atoms with van der Waals surface area (Å²) in [5.74, 6) is -0.602. The molecule has 0 bridgehead atoms. The molecule has 0 saturated heterocycles. The largest absolute Gasteiger partial charge is 0.451 e. The lowest BCUT2D eigenvalue weighted by Crippen LogP contribution is -2.25. The Morgan fingerprint density at radius 1 is 1.13 bits per heavy atom. The third-order valence-electron chi connectivity index (χ3n) is 5.01. The number of hydrogen-bond donors (Lipinski definition) is 1. The van der Waals surface area contributed by atoms with E-state index in [4.69, 9.17) is 9.15 Å². The van der Waals surface area contributed by atoms with Crippen molar-refractivity contribution in [3.8, 4) is 12.0 Å². The van der Waals surface area contributed by atoms with E-state index in [0.29, 0.717) is 11.3 Å². The van der Waals surface area contributed by atoms with Crippen molar-refractivity contribution >= 4 is 22.7 Å². The Labute approximate surface area is 172 Å². The van der Waals surface area contributed by atoms with Gasteiger partial charge in [0.1, 0.15) is 23.0 Å². The van der Waals surface area contributed by atoms with Crippen molar-refractivity contribution < 1.29 is 18.7 Å². The molecule has 150 valence electrons.